The van der Waals surface area contributed by atoms with Crippen LogP contribution in [-0.2, 0) is 0 Å². The average Bonchev–Trinajstić information content (AvgIpc) is 0.794. The van der Waals surface area contributed by atoms with Gasteiger partial charge in [-0.05, 0) is 241 Å². The molecule has 0 atom stereocenters. The highest BCUT2D eigenvalue weighted by molar-refractivity contribution is 5.97. The third-order valence-corrected chi connectivity index (χ3v) is 19.7. The molecule has 0 bridgehead atoms. The summed E-state index contributed by atoms with van der Waals surface area (Å²) in [5.74, 6) is 0. The zero-order valence-corrected chi connectivity index (χ0v) is 57.9. The second-order valence-electron chi connectivity index (χ2n) is 26.1. The molecule has 0 amide bonds. The van der Waals surface area contributed by atoms with Gasteiger partial charge in [0.1, 0.15) is 0 Å². The number of para-hydroxylation sites is 2. The summed E-state index contributed by atoms with van der Waals surface area (Å²) in [6, 6.07) is 136. The van der Waals surface area contributed by atoms with Crippen LogP contribution >= 0.6 is 0 Å². The first-order valence-corrected chi connectivity index (χ1v) is 35.7. The van der Waals surface area contributed by atoms with E-state index in [0.29, 0.717) is 0 Å². The van der Waals surface area contributed by atoms with Gasteiger partial charge in [-0.1, -0.05) is 286 Å². The Balaban J connectivity index is 0.662. The number of fused-ring (bicyclic) bond motifs is 1. The largest absolute Gasteiger partial charge is 0.311 e. The Morgan fingerprint density at radius 2 is 0.538 bits per heavy atom. The van der Waals surface area contributed by atoms with Crippen LogP contribution in [0.2, 0.25) is 0 Å². The molecular formula is C100H76N4. The second kappa shape index (κ2) is 30.1. The van der Waals surface area contributed by atoms with Gasteiger partial charge in [0.2, 0.25) is 0 Å². The first kappa shape index (κ1) is 65.1. The monoisotopic (exact) mass is 1330 g/mol. The topological polar surface area (TPSA) is 13.0 Å². The first-order chi connectivity index (χ1) is 51.5. The van der Waals surface area contributed by atoms with Crippen LogP contribution in [0.4, 0.5) is 56.9 Å². The van der Waals surface area contributed by atoms with E-state index in [9.17, 15) is 0 Å². The molecule has 0 unspecified atom stereocenters. The van der Waals surface area contributed by atoms with Crippen molar-refractivity contribution in [1.82, 2.24) is 0 Å². The summed E-state index contributed by atoms with van der Waals surface area (Å²) in [5.41, 5.74) is 29.2. The average molecular weight is 1330 g/mol. The van der Waals surface area contributed by atoms with Gasteiger partial charge >= 0.3 is 0 Å². The van der Waals surface area contributed by atoms with Gasteiger partial charge in [0.25, 0.3) is 0 Å². The molecule has 0 saturated heterocycles. The zero-order valence-electron chi connectivity index (χ0n) is 57.9. The number of hydrogen-bond donors (Lipinski definition) is 0. The molecule has 0 fully saturated rings. The van der Waals surface area contributed by atoms with E-state index in [1.807, 2.05) is 18.2 Å². The van der Waals surface area contributed by atoms with E-state index in [2.05, 4.69) is 421 Å². The molecule has 0 spiro atoms. The second-order valence-corrected chi connectivity index (χ2v) is 26.1. The van der Waals surface area contributed by atoms with Gasteiger partial charge in [-0.2, -0.15) is 0 Å². The molecule has 15 aromatic rings. The van der Waals surface area contributed by atoms with Gasteiger partial charge in [-0.3, -0.25) is 0 Å². The van der Waals surface area contributed by atoms with Crippen LogP contribution in [0.5, 0.6) is 0 Å². The Kier molecular flexibility index (Phi) is 18.9. The summed E-state index contributed by atoms with van der Waals surface area (Å²) in [5, 5.41) is 2.47. The minimum atomic E-state index is 0.947. The quantitative estimate of drug-likeness (QED) is 0.0665. The molecule has 0 saturated carbocycles. The maximum Gasteiger partial charge on any atom is 0.0462 e. The van der Waals surface area contributed by atoms with Gasteiger partial charge in [0.05, 0.1) is 0 Å². The molecule has 1 aliphatic rings. The van der Waals surface area contributed by atoms with Gasteiger partial charge < -0.3 is 19.6 Å². The lowest BCUT2D eigenvalue weighted by molar-refractivity contribution is 0.997. The van der Waals surface area contributed by atoms with E-state index < -0.39 is 0 Å². The lowest BCUT2D eigenvalue weighted by Gasteiger charge is -2.27. The van der Waals surface area contributed by atoms with Gasteiger partial charge in [-0.15, -0.1) is 0 Å². The predicted molar refractivity (Wildman–Crippen MR) is 443 cm³/mol. The minimum Gasteiger partial charge on any atom is -0.311 e. The molecule has 0 aromatic heterocycles. The normalized spacial score (nSPS) is 11.9. The Labute approximate surface area is 611 Å². The number of anilines is 10. The van der Waals surface area contributed by atoms with Crippen molar-refractivity contribution in [2.45, 2.75) is 12.8 Å². The van der Waals surface area contributed by atoms with Crippen molar-refractivity contribution in [2.75, 3.05) is 19.6 Å². The maximum absolute atomic E-state index is 4.11. The molecule has 4 nitrogen and oxygen atoms in total. The first-order valence-electron chi connectivity index (χ1n) is 35.7. The standard InChI is InChI=1S/C100H76N4/c1-3-20-87(4-2)101(88-25-11-6-12-26-88)91-57-43-79(44-58-91)74-33-35-76(36-34-74)82-49-65-96(66-50-82)104(98-71-55-86(56-72-98)100-32-19-24-85-23-17-18-31-99(85)100)97-69-53-84(54-70-97)83-51-67-95(68-52-83)103(93-59-41-78(42-60-93)73-21-9-5-10-22-73)94-63-47-81(48-64-94)77-39-37-75(38-40-77)80-45-61-92(62-46-80)102(89-27-13-7-14-28-89)90-29-15-8-16-30-90/h3-7,9-15,17-72H,1-2,8,16H2/b87-20+. The highest BCUT2D eigenvalue weighted by atomic mass is 15.2. The minimum absolute atomic E-state index is 0.947. The fourth-order valence-corrected chi connectivity index (χ4v) is 14.3. The SMILES string of the molecule is C=C/C=C(\C=C)N(c1ccccc1)c1ccc(-c2ccc(-c3ccc(N(c4ccc(-c5ccc(N(c6ccc(-c7ccccc7)cc6)c6ccc(-c7ccc(-c8ccc(N(C9=CCCC=C9)c9ccccc9)cc8)cc7)cc6)cc5)cc4)c4ccc(-c5cccc6ccccc56)cc4)cc3)cc2)cc1. The molecule has 15 aromatic carbocycles. The summed E-state index contributed by atoms with van der Waals surface area (Å²) in [7, 11) is 0. The number of benzene rings is 15. The lowest BCUT2D eigenvalue weighted by atomic mass is 9.98. The third-order valence-electron chi connectivity index (χ3n) is 19.7. The van der Waals surface area contributed by atoms with Crippen LogP contribution in [0.15, 0.2) is 437 Å². The maximum atomic E-state index is 4.11. The van der Waals surface area contributed by atoms with Crippen molar-refractivity contribution < 1.29 is 0 Å². The van der Waals surface area contributed by atoms with Crippen LogP contribution < -0.4 is 19.6 Å². The summed E-state index contributed by atoms with van der Waals surface area (Å²) in [6.45, 7) is 8.06. The van der Waals surface area contributed by atoms with Crippen LogP contribution in [0, 0.1) is 0 Å². The van der Waals surface area contributed by atoms with Crippen LogP contribution in [-0.4, -0.2) is 0 Å². The van der Waals surface area contributed by atoms with E-state index in [1.54, 1.807) is 6.08 Å². The van der Waals surface area contributed by atoms with E-state index in [4.69, 9.17) is 0 Å². The smallest absolute Gasteiger partial charge is 0.0462 e. The lowest BCUT2D eigenvalue weighted by Crippen LogP contribution is -2.16. The van der Waals surface area contributed by atoms with E-state index in [0.717, 1.165) is 114 Å². The van der Waals surface area contributed by atoms with Crippen molar-refractivity contribution in [1.29, 1.82) is 0 Å². The van der Waals surface area contributed by atoms with Crippen molar-refractivity contribution >= 4 is 67.6 Å². The fraction of sp³-hybridized carbons (Fsp3) is 0.0200. The highest BCUT2D eigenvalue weighted by Crippen LogP contribution is 2.43. The number of nitrogens with zero attached hydrogens (tertiary/aromatic N) is 4. The van der Waals surface area contributed by atoms with Gasteiger partial charge in [0, 0.05) is 68.3 Å². The van der Waals surface area contributed by atoms with E-state index in [1.165, 1.54) is 55.4 Å². The number of rotatable bonds is 21. The molecule has 496 valence electrons. The summed E-state index contributed by atoms with van der Waals surface area (Å²) < 4.78 is 0. The summed E-state index contributed by atoms with van der Waals surface area (Å²) >= 11 is 0. The molecular weight excluding hydrogens is 1260 g/mol. The molecule has 16 rings (SSSR count). The van der Waals surface area contributed by atoms with Gasteiger partial charge in [0.15, 0.2) is 0 Å². The van der Waals surface area contributed by atoms with Crippen LogP contribution in [0.1, 0.15) is 12.8 Å². The third kappa shape index (κ3) is 13.9. The number of allylic oxidation sites excluding steroid dienone is 6. The molecule has 4 heteroatoms. The summed E-state index contributed by atoms with van der Waals surface area (Å²) in [6.07, 6.45) is 14.6. The molecule has 104 heavy (non-hydrogen) atoms. The molecule has 0 N–H and O–H groups in total. The van der Waals surface area contributed by atoms with Crippen molar-refractivity contribution in [3.8, 4) is 77.9 Å². The Morgan fingerprint density at radius 1 is 0.250 bits per heavy atom. The van der Waals surface area contributed by atoms with Crippen LogP contribution in [0.3, 0.4) is 0 Å². The molecule has 1 aliphatic carbocycles. The van der Waals surface area contributed by atoms with E-state index >= 15 is 0 Å². The molecule has 0 radical (unpaired) electrons. The molecule has 0 heterocycles. The van der Waals surface area contributed by atoms with Crippen molar-refractivity contribution in [3.63, 3.8) is 0 Å². The molecule has 0 aliphatic heterocycles. The fourth-order valence-electron chi connectivity index (χ4n) is 14.3. The van der Waals surface area contributed by atoms with Crippen molar-refractivity contribution in [2.24, 2.45) is 0 Å². The summed E-state index contributed by atoms with van der Waals surface area (Å²) in [4.78, 5) is 9.25. The van der Waals surface area contributed by atoms with Crippen LogP contribution in [0.25, 0.3) is 88.7 Å². The zero-order chi connectivity index (χ0) is 70.0. The van der Waals surface area contributed by atoms with Crippen molar-refractivity contribution in [3.05, 3.63) is 437 Å². The van der Waals surface area contributed by atoms with E-state index in [-0.39, 0.29) is 0 Å². The highest BCUT2D eigenvalue weighted by Gasteiger charge is 2.20. The Bertz CT molecular complexity index is 5530. The number of hydrogen-bond acceptors (Lipinski definition) is 4. The Morgan fingerprint density at radius 3 is 0.904 bits per heavy atom. The van der Waals surface area contributed by atoms with Gasteiger partial charge in [-0.25, -0.2) is 0 Å². The predicted octanol–water partition coefficient (Wildman–Crippen LogP) is 28.2. The Hall–Kier alpha value is -13.5.